The van der Waals surface area contributed by atoms with Gasteiger partial charge in [0.25, 0.3) is 0 Å². The van der Waals surface area contributed by atoms with Crippen LogP contribution in [-0.4, -0.2) is 59.3 Å². The van der Waals surface area contributed by atoms with Crippen molar-refractivity contribution < 1.29 is 19.4 Å². The summed E-state index contributed by atoms with van der Waals surface area (Å²) in [5, 5.41) is 11.9. The molecule has 8 nitrogen and oxygen atoms in total. The van der Waals surface area contributed by atoms with Crippen molar-refractivity contribution in [2.45, 2.75) is 32.8 Å². The number of H-pyrrole nitrogens is 1. The van der Waals surface area contributed by atoms with Crippen LogP contribution >= 0.6 is 0 Å². The number of nitrogens with one attached hydrogen (secondary N) is 2. The van der Waals surface area contributed by atoms with Gasteiger partial charge in [-0.15, -0.1) is 0 Å². The molecule has 1 aliphatic heterocycles. The fraction of sp³-hybridized carbons (Fsp3) is 0.250. The van der Waals surface area contributed by atoms with Gasteiger partial charge in [0.05, 0.1) is 17.5 Å². The second kappa shape index (κ2) is 14.5. The Morgan fingerprint density at radius 3 is 2.11 bits per heavy atom. The minimum atomic E-state index is -0.987. The summed E-state index contributed by atoms with van der Waals surface area (Å²) in [5.74, 6) is -0.375. The highest BCUT2D eigenvalue weighted by molar-refractivity contribution is 5.92. The van der Waals surface area contributed by atoms with E-state index in [0.29, 0.717) is 6.54 Å². The van der Waals surface area contributed by atoms with E-state index in [2.05, 4.69) is 53.3 Å². The van der Waals surface area contributed by atoms with Gasteiger partial charge in [-0.05, 0) is 74.2 Å². The lowest BCUT2D eigenvalue weighted by atomic mass is 10.0. The van der Waals surface area contributed by atoms with Crippen molar-refractivity contribution in [1.82, 2.24) is 15.3 Å². The smallest absolute Gasteiger partial charge is 0.328 e. The molecule has 1 amide bonds. The molecule has 1 fully saturated rings. The van der Waals surface area contributed by atoms with Crippen molar-refractivity contribution in [2.75, 3.05) is 31.1 Å². The van der Waals surface area contributed by atoms with Gasteiger partial charge in [0.15, 0.2) is 0 Å². The van der Waals surface area contributed by atoms with Gasteiger partial charge in [0.2, 0.25) is 5.91 Å². The topological polar surface area (TPSA) is 108 Å². The maximum absolute atomic E-state index is 12.3. The number of hydrogen-bond acceptors (Lipinski definition) is 5. The molecule has 0 radical (unpaired) electrons. The Bertz CT molecular complexity index is 1610. The molecule has 44 heavy (non-hydrogen) atoms. The lowest BCUT2D eigenvalue weighted by molar-refractivity contribution is -0.131. The first-order valence-corrected chi connectivity index (χ1v) is 15.1. The van der Waals surface area contributed by atoms with Crippen molar-refractivity contribution >= 4 is 29.7 Å². The summed E-state index contributed by atoms with van der Waals surface area (Å²) in [4.78, 5) is 34.1. The molecule has 226 valence electrons. The number of rotatable bonds is 12. The zero-order valence-corrected chi connectivity index (χ0v) is 25.1. The highest BCUT2D eigenvalue weighted by Crippen LogP contribution is 2.34. The number of hydrogen-bond donors (Lipinski definition) is 3. The van der Waals surface area contributed by atoms with E-state index in [-0.39, 0.29) is 12.0 Å². The number of benzene rings is 3. The van der Waals surface area contributed by atoms with Gasteiger partial charge >= 0.3 is 5.97 Å². The highest BCUT2D eigenvalue weighted by Gasteiger charge is 2.17. The summed E-state index contributed by atoms with van der Waals surface area (Å²) < 4.78 is 5.57. The molecule has 3 N–H and O–H groups in total. The molecule has 0 bridgehead atoms. The summed E-state index contributed by atoms with van der Waals surface area (Å²) >= 11 is 0. The van der Waals surface area contributed by atoms with E-state index in [0.717, 1.165) is 83.6 Å². The van der Waals surface area contributed by atoms with Crippen molar-refractivity contribution in [3.05, 3.63) is 96.1 Å². The SMILES string of the molecule is CCN(CC)c1ccc(-c2nc(-c3ccc(C=CC(=O)NCC4CCCO4)cc3)c(-c3ccc(C=CC(=O)O)cc3)[nH]2)cc1. The van der Waals surface area contributed by atoms with Crippen LogP contribution in [0.1, 0.15) is 37.8 Å². The Morgan fingerprint density at radius 2 is 1.52 bits per heavy atom. The number of amides is 1. The predicted molar refractivity (Wildman–Crippen MR) is 176 cm³/mol. The van der Waals surface area contributed by atoms with Crippen molar-refractivity contribution in [3.8, 4) is 33.9 Å². The molecular weight excluding hydrogens is 552 g/mol. The van der Waals surface area contributed by atoms with Gasteiger partial charge in [0.1, 0.15) is 5.82 Å². The van der Waals surface area contributed by atoms with Crippen LogP contribution in [0.2, 0.25) is 0 Å². The first kappa shape index (κ1) is 30.5. The van der Waals surface area contributed by atoms with Crippen LogP contribution in [-0.2, 0) is 14.3 Å². The first-order chi connectivity index (χ1) is 21.4. The molecule has 1 aliphatic rings. The summed E-state index contributed by atoms with van der Waals surface area (Å²) in [6.07, 6.45) is 8.17. The van der Waals surface area contributed by atoms with Crippen LogP contribution in [0.25, 0.3) is 46.1 Å². The van der Waals surface area contributed by atoms with Crippen LogP contribution in [0.5, 0.6) is 0 Å². The maximum Gasteiger partial charge on any atom is 0.328 e. The third-order valence-electron chi connectivity index (χ3n) is 7.73. The minimum Gasteiger partial charge on any atom is -0.478 e. The van der Waals surface area contributed by atoms with Gasteiger partial charge in [-0.25, -0.2) is 9.78 Å². The Balaban J connectivity index is 1.41. The van der Waals surface area contributed by atoms with Gasteiger partial charge in [-0.2, -0.15) is 0 Å². The Labute approximate surface area is 258 Å². The number of ether oxygens (including phenoxy) is 1. The van der Waals surface area contributed by atoms with Crippen LogP contribution in [0.15, 0.2) is 84.9 Å². The van der Waals surface area contributed by atoms with Gasteiger partial charge < -0.3 is 25.0 Å². The summed E-state index contributed by atoms with van der Waals surface area (Å²) in [7, 11) is 0. The van der Waals surface area contributed by atoms with Gasteiger partial charge in [-0.1, -0.05) is 48.5 Å². The number of carboxylic acid groups (broad SMARTS) is 1. The molecule has 2 heterocycles. The first-order valence-electron chi connectivity index (χ1n) is 15.1. The monoisotopic (exact) mass is 590 g/mol. The second-order valence-electron chi connectivity index (χ2n) is 10.7. The fourth-order valence-electron chi connectivity index (χ4n) is 5.28. The second-order valence-corrected chi connectivity index (χ2v) is 10.7. The standard InChI is InChI=1S/C36H38N4O4/c1-3-40(4-2)30-19-17-29(18-20-30)36-38-34(35(39-36)28-15-9-26(10-16-28)12-22-33(42)43)27-13-7-25(8-14-27)11-21-32(41)37-24-31-6-5-23-44-31/h7-22,31H,3-6,23-24H2,1-2H3,(H,37,41)(H,38,39)(H,42,43). The molecule has 1 atom stereocenters. The number of anilines is 1. The fourth-order valence-corrected chi connectivity index (χ4v) is 5.28. The van der Waals surface area contributed by atoms with E-state index < -0.39 is 5.97 Å². The average molecular weight is 591 g/mol. The van der Waals surface area contributed by atoms with Crippen LogP contribution < -0.4 is 10.2 Å². The Morgan fingerprint density at radius 1 is 0.909 bits per heavy atom. The van der Waals surface area contributed by atoms with Crippen molar-refractivity contribution in [1.29, 1.82) is 0 Å². The molecule has 5 rings (SSSR count). The Hall–Kier alpha value is -4.95. The predicted octanol–water partition coefficient (Wildman–Crippen LogP) is 6.66. The highest BCUT2D eigenvalue weighted by atomic mass is 16.5. The molecular formula is C36H38N4O4. The van der Waals surface area contributed by atoms with Crippen LogP contribution in [0, 0.1) is 0 Å². The van der Waals surface area contributed by atoms with Crippen LogP contribution in [0.4, 0.5) is 5.69 Å². The number of aromatic amines is 1. The lowest BCUT2D eigenvalue weighted by Crippen LogP contribution is -2.30. The number of aromatic nitrogens is 2. The summed E-state index contributed by atoms with van der Waals surface area (Å²) in [5.41, 5.74) is 7.35. The summed E-state index contributed by atoms with van der Waals surface area (Å²) in [6, 6.07) is 24.0. The van der Waals surface area contributed by atoms with Crippen molar-refractivity contribution in [3.63, 3.8) is 0 Å². The van der Waals surface area contributed by atoms with E-state index >= 15 is 0 Å². The van der Waals surface area contributed by atoms with E-state index in [1.165, 1.54) is 5.69 Å². The number of carboxylic acids is 1. The minimum absolute atomic E-state index is 0.109. The number of imidazole rings is 1. The molecule has 1 saturated heterocycles. The number of aliphatic carboxylic acids is 1. The molecule has 4 aromatic rings. The van der Waals surface area contributed by atoms with Gasteiger partial charge in [-0.3, -0.25) is 4.79 Å². The molecule has 0 spiro atoms. The lowest BCUT2D eigenvalue weighted by Gasteiger charge is -2.20. The molecule has 3 aromatic carbocycles. The maximum atomic E-state index is 12.3. The van der Waals surface area contributed by atoms with E-state index in [1.807, 2.05) is 48.5 Å². The van der Waals surface area contributed by atoms with Crippen LogP contribution in [0.3, 0.4) is 0 Å². The molecule has 0 aliphatic carbocycles. The molecule has 8 heteroatoms. The number of nitrogens with zero attached hydrogens (tertiary/aromatic N) is 2. The average Bonchev–Trinajstić information content (AvgIpc) is 3.74. The van der Waals surface area contributed by atoms with Gasteiger partial charge in [0, 0.05) is 60.8 Å². The van der Waals surface area contributed by atoms with E-state index in [9.17, 15) is 9.59 Å². The third-order valence-corrected chi connectivity index (χ3v) is 7.73. The van der Waals surface area contributed by atoms with E-state index in [1.54, 1.807) is 18.2 Å². The van der Waals surface area contributed by atoms with Crippen molar-refractivity contribution in [2.24, 2.45) is 0 Å². The quantitative estimate of drug-likeness (QED) is 0.159. The zero-order chi connectivity index (χ0) is 30.9. The Kier molecular flexibility index (Phi) is 10.0. The van der Waals surface area contributed by atoms with E-state index in [4.69, 9.17) is 14.8 Å². The normalized spacial score (nSPS) is 14.8. The number of carbonyl (C=O) groups excluding carboxylic acids is 1. The molecule has 1 aromatic heterocycles. The largest absolute Gasteiger partial charge is 0.478 e. The third kappa shape index (κ3) is 7.71. The molecule has 1 unspecified atom stereocenters. The number of carbonyl (C=O) groups is 2. The summed E-state index contributed by atoms with van der Waals surface area (Å²) in [6.45, 7) is 7.46. The molecule has 0 saturated carbocycles. The zero-order valence-electron chi connectivity index (χ0n) is 25.1.